The van der Waals surface area contributed by atoms with Gasteiger partial charge in [0.15, 0.2) is 0 Å². The molecule has 3 rings (SSSR count). The molecule has 0 aliphatic carbocycles. The Bertz CT molecular complexity index is 795. The third-order valence-electron chi connectivity index (χ3n) is 5.24. The molecule has 0 spiro atoms. The molecule has 1 heterocycles. The second-order valence-electron chi connectivity index (χ2n) is 7.96. The maximum atomic E-state index is 13.0. The molecule has 154 valence electrons. The summed E-state index contributed by atoms with van der Waals surface area (Å²) >= 11 is 0. The molecule has 0 radical (unpaired) electrons. The molecule has 2 atom stereocenters. The fourth-order valence-electron chi connectivity index (χ4n) is 3.74. The summed E-state index contributed by atoms with van der Waals surface area (Å²) in [6.45, 7) is 1.92. The van der Waals surface area contributed by atoms with Crippen LogP contribution in [-0.2, 0) is 4.79 Å². The number of likely N-dealkylation sites (N-methyl/N-ethyl adjacent to an activating group) is 1. The standard InChI is InChI=1S/C23H30N4O2/c1-26(2)17-21(18-10-5-3-6-11-18)25-22(28)19-12-9-15-27(16-19)23(29)24-20-13-7-4-8-14-20/h3-8,10-11,13-14,19,21H,9,12,15-17H2,1-2H3,(H,24,29)(H,25,28)/p+1/t19-,21-/m0/s1. The monoisotopic (exact) mass is 395 g/mol. The third kappa shape index (κ3) is 6.06. The molecule has 0 saturated carbocycles. The highest BCUT2D eigenvalue weighted by molar-refractivity contribution is 5.90. The van der Waals surface area contributed by atoms with Crippen molar-refractivity contribution >= 4 is 17.6 Å². The summed E-state index contributed by atoms with van der Waals surface area (Å²) < 4.78 is 0. The molecule has 2 aromatic carbocycles. The van der Waals surface area contributed by atoms with Crippen LogP contribution in [0.1, 0.15) is 24.4 Å². The number of para-hydroxylation sites is 1. The second kappa shape index (κ2) is 10.1. The van der Waals surface area contributed by atoms with Crippen molar-refractivity contribution < 1.29 is 14.5 Å². The summed E-state index contributed by atoms with van der Waals surface area (Å²) in [5.41, 5.74) is 1.87. The number of quaternary nitrogens is 1. The molecule has 0 aromatic heterocycles. The van der Waals surface area contributed by atoms with Crippen molar-refractivity contribution in [1.29, 1.82) is 0 Å². The Morgan fingerprint density at radius 3 is 2.38 bits per heavy atom. The minimum absolute atomic E-state index is 0.0253. The topological polar surface area (TPSA) is 65.9 Å². The van der Waals surface area contributed by atoms with E-state index in [1.54, 1.807) is 4.90 Å². The molecule has 1 saturated heterocycles. The van der Waals surface area contributed by atoms with Gasteiger partial charge in [-0.25, -0.2) is 4.79 Å². The van der Waals surface area contributed by atoms with Gasteiger partial charge in [-0.3, -0.25) is 4.79 Å². The van der Waals surface area contributed by atoms with Gasteiger partial charge in [0.05, 0.1) is 20.0 Å². The van der Waals surface area contributed by atoms with Gasteiger partial charge < -0.3 is 20.4 Å². The van der Waals surface area contributed by atoms with Gasteiger partial charge in [0, 0.05) is 18.8 Å². The van der Waals surface area contributed by atoms with Crippen molar-refractivity contribution in [3.05, 3.63) is 66.2 Å². The Balaban J connectivity index is 1.61. The summed E-state index contributed by atoms with van der Waals surface area (Å²) in [4.78, 5) is 28.6. The van der Waals surface area contributed by atoms with E-state index in [-0.39, 0.29) is 23.9 Å². The van der Waals surface area contributed by atoms with Crippen LogP contribution in [0.3, 0.4) is 0 Å². The number of amides is 3. The minimum Gasteiger partial charge on any atom is -0.343 e. The number of nitrogens with one attached hydrogen (secondary N) is 3. The van der Waals surface area contributed by atoms with E-state index in [4.69, 9.17) is 0 Å². The van der Waals surface area contributed by atoms with E-state index in [0.29, 0.717) is 13.1 Å². The molecule has 6 nitrogen and oxygen atoms in total. The van der Waals surface area contributed by atoms with Crippen LogP contribution in [-0.4, -0.2) is 50.6 Å². The molecular weight excluding hydrogens is 364 g/mol. The number of carbonyl (C=O) groups is 2. The Kier molecular flexibility index (Phi) is 7.25. The van der Waals surface area contributed by atoms with E-state index in [1.807, 2.05) is 60.7 Å². The Morgan fingerprint density at radius 1 is 1.07 bits per heavy atom. The third-order valence-corrected chi connectivity index (χ3v) is 5.24. The lowest BCUT2D eigenvalue weighted by molar-refractivity contribution is -0.860. The number of piperidine rings is 1. The summed E-state index contributed by atoms with van der Waals surface area (Å²) in [5.74, 6) is -0.161. The average Bonchev–Trinajstić information content (AvgIpc) is 2.74. The van der Waals surface area contributed by atoms with Crippen LogP contribution < -0.4 is 15.5 Å². The fraction of sp³-hybridized carbons (Fsp3) is 0.391. The number of benzene rings is 2. The molecule has 0 bridgehead atoms. The summed E-state index contributed by atoms with van der Waals surface area (Å²) in [6, 6.07) is 19.3. The number of nitrogens with zero attached hydrogens (tertiary/aromatic N) is 1. The summed E-state index contributed by atoms with van der Waals surface area (Å²) in [7, 11) is 4.16. The molecule has 1 aliphatic rings. The minimum atomic E-state index is -0.186. The van der Waals surface area contributed by atoms with Crippen molar-refractivity contribution in [3.8, 4) is 0 Å². The molecule has 3 N–H and O–H groups in total. The highest BCUT2D eigenvalue weighted by atomic mass is 16.2. The van der Waals surface area contributed by atoms with Crippen LogP contribution in [0, 0.1) is 5.92 Å². The first-order valence-electron chi connectivity index (χ1n) is 10.3. The predicted molar refractivity (Wildman–Crippen MR) is 115 cm³/mol. The van der Waals surface area contributed by atoms with Crippen molar-refractivity contribution in [1.82, 2.24) is 10.2 Å². The lowest BCUT2D eigenvalue weighted by Gasteiger charge is -2.33. The lowest BCUT2D eigenvalue weighted by Crippen LogP contribution is -3.06. The Hall–Kier alpha value is -2.86. The number of urea groups is 1. The van der Waals surface area contributed by atoms with Gasteiger partial charge in [0.2, 0.25) is 5.91 Å². The van der Waals surface area contributed by atoms with Crippen LogP contribution in [0.4, 0.5) is 10.5 Å². The van der Waals surface area contributed by atoms with Crippen molar-refractivity contribution in [2.45, 2.75) is 18.9 Å². The van der Waals surface area contributed by atoms with Gasteiger partial charge in [-0.2, -0.15) is 0 Å². The molecule has 1 fully saturated rings. The number of hydrogen-bond acceptors (Lipinski definition) is 2. The number of anilines is 1. The fourth-order valence-corrected chi connectivity index (χ4v) is 3.74. The first-order valence-corrected chi connectivity index (χ1v) is 10.3. The maximum absolute atomic E-state index is 13.0. The summed E-state index contributed by atoms with van der Waals surface area (Å²) in [5, 5.41) is 6.14. The number of hydrogen-bond donors (Lipinski definition) is 3. The smallest absolute Gasteiger partial charge is 0.321 e. The number of rotatable bonds is 6. The number of likely N-dealkylation sites (tertiary alicyclic amines) is 1. The Morgan fingerprint density at radius 2 is 1.72 bits per heavy atom. The van der Waals surface area contributed by atoms with Crippen LogP contribution in [0.15, 0.2) is 60.7 Å². The van der Waals surface area contributed by atoms with Gasteiger partial charge in [-0.05, 0) is 30.5 Å². The van der Waals surface area contributed by atoms with E-state index in [0.717, 1.165) is 30.6 Å². The molecule has 2 aromatic rings. The van der Waals surface area contributed by atoms with Crippen molar-refractivity contribution in [2.75, 3.05) is 39.0 Å². The lowest BCUT2D eigenvalue weighted by atomic mass is 9.96. The zero-order valence-electron chi connectivity index (χ0n) is 17.2. The van der Waals surface area contributed by atoms with E-state index in [9.17, 15) is 9.59 Å². The molecule has 1 aliphatic heterocycles. The maximum Gasteiger partial charge on any atom is 0.321 e. The van der Waals surface area contributed by atoms with Crippen molar-refractivity contribution in [3.63, 3.8) is 0 Å². The summed E-state index contributed by atoms with van der Waals surface area (Å²) in [6.07, 6.45) is 1.63. The van der Waals surface area contributed by atoms with Gasteiger partial charge in [-0.15, -0.1) is 0 Å². The molecular formula is C23H31N4O2+. The van der Waals surface area contributed by atoms with Gasteiger partial charge in [0.1, 0.15) is 12.6 Å². The van der Waals surface area contributed by atoms with Crippen molar-refractivity contribution in [2.24, 2.45) is 5.92 Å². The normalized spacial score (nSPS) is 17.6. The first kappa shape index (κ1) is 20.9. The highest BCUT2D eigenvalue weighted by Gasteiger charge is 2.30. The van der Waals surface area contributed by atoms with Crippen LogP contribution >= 0.6 is 0 Å². The quantitative estimate of drug-likeness (QED) is 0.700. The molecule has 3 amide bonds. The molecule has 0 unspecified atom stereocenters. The van der Waals surface area contributed by atoms with E-state index in [2.05, 4.69) is 24.7 Å². The van der Waals surface area contributed by atoms with Gasteiger partial charge >= 0.3 is 6.03 Å². The van der Waals surface area contributed by atoms with Gasteiger partial charge in [-0.1, -0.05) is 48.5 Å². The second-order valence-corrected chi connectivity index (χ2v) is 7.96. The van der Waals surface area contributed by atoms with E-state index in [1.165, 1.54) is 4.90 Å². The molecule has 6 heteroatoms. The van der Waals surface area contributed by atoms with Gasteiger partial charge in [0.25, 0.3) is 0 Å². The van der Waals surface area contributed by atoms with Crippen LogP contribution in [0.25, 0.3) is 0 Å². The SMILES string of the molecule is C[NH+](C)C[C@H](NC(=O)[C@H]1CCCN(C(=O)Nc2ccccc2)C1)c1ccccc1. The van der Waals surface area contributed by atoms with E-state index < -0.39 is 0 Å². The molecule has 29 heavy (non-hydrogen) atoms. The predicted octanol–water partition coefficient (Wildman–Crippen LogP) is 1.93. The highest BCUT2D eigenvalue weighted by Crippen LogP contribution is 2.20. The average molecular weight is 396 g/mol. The first-order chi connectivity index (χ1) is 14.0. The van der Waals surface area contributed by atoms with Crippen LogP contribution in [0.5, 0.6) is 0 Å². The zero-order chi connectivity index (χ0) is 20.6. The zero-order valence-corrected chi connectivity index (χ0v) is 17.2. The number of carbonyl (C=O) groups excluding carboxylic acids is 2. The largest absolute Gasteiger partial charge is 0.343 e. The van der Waals surface area contributed by atoms with E-state index >= 15 is 0 Å². The Labute approximate surface area is 172 Å². The van der Waals surface area contributed by atoms with Crippen LogP contribution in [0.2, 0.25) is 0 Å².